The Morgan fingerprint density at radius 2 is 1.65 bits per heavy atom. The van der Waals surface area contributed by atoms with Gasteiger partial charge in [0, 0.05) is 30.3 Å². The number of carbonyl (C=O) groups excluding carboxylic acids is 2. The van der Waals surface area contributed by atoms with Gasteiger partial charge in [-0.3, -0.25) is 4.79 Å². The number of hydrogen-bond acceptors (Lipinski definition) is 5. The molecule has 0 aromatic carbocycles. The van der Waals surface area contributed by atoms with Gasteiger partial charge in [-0.25, -0.2) is 0 Å². The Hall–Kier alpha value is -0.940. The molecule has 0 aromatic heterocycles. The summed E-state index contributed by atoms with van der Waals surface area (Å²) < 4.78 is 5.86. The number of piperidine rings is 1. The molecule has 5 heteroatoms. The van der Waals surface area contributed by atoms with Crippen LogP contribution in [-0.2, 0) is 14.3 Å². The molecule has 1 fully saturated rings. The lowest BCUT2D eigenvalue weighted by Crippen LogP contribution is -2.60. The summed E-state index contributed by atoms with van der Waals surface area (Å²) >= 11 is 0. The third-order valence-electron chi connectivity index (χ3n) is 5.58. The second-order valence-electron chi connectivity index (χ2n) is 9.02. The summed E-state index contributed by atoms with van der Waals surface area (Å²) in [4.78, 5) is 22.9. The number of ether oxygens (including phenoxy) is 1. The van der Waals surface area contributed by atoms with Crippen molar-refractivity contribution in [2.75, 3.05) is 0 Å². The number of hydrogen-bond donors (Lipinski definition) is 1. The molecule has 152 valence electrons. The highest BCUT2D eigenvalue weighted by molar-refractivity contribution is 5.72. The van der Waals surface area contributed by atoms with Crippen molar-refractivity contribution >= 4 is 12.3 Å². The van der Waals surface area contributed by atoms with E-state index in [1.807, 2.05) is 34.6 Å². The highest BCUT2D eigenvalue weighted by Crippen LogP contribution is 2.38. The predicted molar refractivity (Wildman–Crippen MR) is 103 cm³/mol. The molecule has 1 rings (SSSR count). The van der Waals surface area contributed by atoms with Gasteiger partial charge in [0.1, 0.15) is 12.4 Å². The summed E-state index contributed by atoms with van der Waals surface area (Å²) in [6.07, 6.45) is 9.76. The molecule has 1 N–H and O–H groups in total. The summed E-state index contributed by atoms with van der Waals surface area (Å²) in [5, 5.41) is 11.8. The van der Waals surface area contributed by atoms with E-state index >= 15 is 0 Å². The summed E-state index contributed by atoms with van der Waals surface area (Å²) in [5.41, 5.74) is -0.814. The predicted octanol–water partition coefficient (Wildman–Crippen LogP) is 4.90. The van der Waals surface area contributed by atoms with E-state index in [9.17, 15) is 14.8 Å². The Morgan fingerprint density at radius 1 is 1.12 bits per heavy atom. The smallest absolute Gasteiger partial charge is 0.309 e. The number of unbranched alkanes of at least 4 members (excludes halogenated alkanes) is 5. The van der Waals surface area contributed by atoms with Crippen LogP contribution < -0.4 is 0 Å². The van der Waals surface area contributed by atoms with Gasteiger partial charge >= 0.3 is 5.97 Å². The van der Waals surface area contributed by atoms with Gasteiger partial charge < -0.3 is 14.7 Å². The molecule has 0 spiro atoms. The van der Waals surface area contributed by atoms with Crippen LogP contribution in [-0.4, -0.2) is 39.7 Å². The number of aldehydes is 1. The van der Waals surface area contributed by atoms with E-state index in [2.05, 4.69) is 0 Å². The molecule has 1 aliphatic rings. The summed E-state index contributed by atoms with van der Waals surface area (Å²) in [6.45, 7) is 9.97. The van der Waals surface area contributed by atoms with Gasteiger partial charge in [0.2, 0.25) is 0 Å². The first kappa shape index (κ1) is 23.1. The lowest BCUT2D eigenvalue weighted by atomic mass is 9.80. The first-order valence-electron chi connectivity index (χ1n) is 10.3. The largest absolute Gasteiger partial charge is 0.462 e. The summed E-state index contributed by atoms with van der Waals surface area (Å²) in [6, 6.07) is 0. The van der Waals surface area contributed by atoms with Gasteiger partial charge in [0.05, 0.1) is 5.92 Å². The van der Waals surface area contributed by atoms with Crippen LogP contribution in [0.25, 0.3) is 0 Å². The monoisotopic (exact) mass is 369 g/mol. The Morgan fingerprint density at radius 3 is 2.19 bits per heavy atom. The van der Waals surface area contributed by atoms with Gasteiger partial charge in [0.25, 0.3) is 0 Å². The first-order chi connectivity index (χ1) is 12.1. The molecule has 1 saturated heterocycles. The van der Waals surface area contributed by atoms with Crippen molar-refractivity contribution in [2.45, 2.75) is 116 Å². The molecule has 1 heterocycles. The standard InChI is InChI=1S/C21H39NO4/c1-6-17(13-11-9-7-8-10-12-14-23)19(24)26-18-15-20(2,3)22(25)21(4,5)16-18/h14,17-18,25H,6-13,15-16H2,1-5H3. The van der Waals surface area contributed by atoms with E-state index in [1.165, 1.54) is 5.06 Å². The van der Waals surface area contributed by atoms with Crippen molar-refractivity contribution in [2.24, 2.45) is 5.92 Å². The quantitative estimate of drug-likeness (QED) is 0.319. The minimum Gasteiger partial charge on any atom is -0.462 e. The first-order valence-corrected chi connectivity index (χ1v) is 10.3. The minimum atomic E-state index is -0.407. The van der Waals surface area contributed by atoms with Crippen LogP contribution in [0.1, 0.15) is 98.8 Å². The summed E-state index contributed by atoms with van der Waals surface area (Å²) in [7, 11) is 0. The van der Waals surface area contributed by atoms with E-state index in [0.717, 1.165) is 51.2 Å². The molecule has 5 nitrogen and oxygen atoms in total. The van der Waals surface area contributed by atoms with Crippen LogP contribution >= 0.6 is 0 Å². The normalized spacial score (nSPS) is 21.3. The fraction of sp³-hybridized carbons (Fsp3) is 0.905. The molecule has 0 amide bonds. The number of carbonyl (C=O) groups is 2. The lowest BCUT2D eigenvalue weighted by Gasteiger charge is -2.51. The van der Waals surface area contributed by atoms with Gasteiger partial charge in [-0.2, -0.15) is 5.06 Å². The van der Waals surface area contributed by atoms with Gasteiger partial charge in [0.15, 0.2) is 0 Å². The fourth-order valence-corrected chi connectivity index (χ4v) is 4.16. The molecule has 0 aromatic rings. The Kier molecular flexibility index (Phi) is 9.25. The van der Waals surface area contributed by atoms with Crippen LogP contribution in [0.2, 0.25) is 0 Å². The zero-order valence-electron chi connectivity index (χ0n) is 17.4. The van der Waals surface area contributed by atoms with Crippen LogP contribution in [0.15, 0.2) is 0 Å². The number of rotatable bonds is 11. The Labute approximate surface area is 159 Å². The molecule has 0 aliphatic carbocycles. The number of esters is 1. The van der Waals surface area contributed by atoms with Crippen molar-refractivity contribution in [3.63, 3.8) is 0 Å². The Balaban J connectivity index is 2.42. The molecule has 26 heavy (non-hydrogen) atoms. The molecule has 1 unspecified atom stereocenters. The molecule has 0 bridgehead atoms. The fourth-order valence-electron chi connectivity index (χ4n) is 4.16. The van der Waals surface area contributed by atoms with Crippen LogP contribution in [0, 0.1) is 5.92 Å². The van der Waals surface area contributed by atoms with E-state index in [1.54, 1.807) is 0 Å². The average molecular weight is 370 g/mol. The van der Waals surface area contributed by atoms with Crippen molar-refractivity contribution in [1.29, 1.82) is 0 Å². The van der Waals surface area contributed by atoms with Crippen LogP contribution in [0.3, 0.4) is 0 Å². The maximum Gasteiger partial charge on any atom is 0.309 e. The average Bonchev–Trinajstić information content (AvgIpc) is 2.54. The van der Waals surface area contributed by atoms with E-state index in [0.29, 0.717) is 19.3 Å². The highest BCUT2D eigenvalue weighted by atomic mass is 16.5. The van der Waals surface area contributed by atoms with E-state index in [4.69, 9.17) is 4.74 Å². The molecular weight excluding hydrogens is 330 g/mol. The molecule has 1 aliphatic heterocycles. The number of hydroxylamine groups is 2. The molecule has 0 saturated carbocycles. The van der Waals surface area contributed by atoms with Crippen molar-refractivity contribution in [1.82, 2.24) is 5.06 Å². The zero-order valence-corrected chi connectivity index (χ0v) is 17.4. The van der Waals surface area contributed by atoms with Gasteiger partial charge in [-0.1, -0.05) is 32.6 Å². The second-order valence-corrected chi connectivity index (χ2v) is 9.02. The number of nitrogens with zero attached hydrogens (tertiary/aromatic N) is 1. The van der Waals surface area contributed by atoms with Gasteiger partial charge in [-0.15, -0.1) is 0 Å². The minimum absolute atomic E-state index is 0.0386. The van der Waals surface area contributed by atoms with Crippen molar-refractivity contribution in [3.8, 4) is 0 Å². The lowest BCUT2D eigenvalue weighted by molar-refractivity contribution is -0.260. The third-order valence-corrected chi connectivity index (χ3v) is 5.58. The van der Waals surface area contributed by atoms with Crippen molar-refractivity contribution < 1.29 is 19.5 Å². The van der Waals surface area contributed by atoms with E-state index in [-0.39, 0.29) is 18.0 Å². The Bertz CT molecular complexity index is 429. The van der Waals surface area contributed by atoms with E-state index < -0.39 is 11.1 Å². The molecule has 0 radical (unpaired) electrons. The topological polar surface area (TPSA) is 66.8 Å². The molecule has 1 atom stereocenters. The van der Waals surface area contributed by atoms with Crippen LogP contribution in [0.4, 0.5) is 0 Å². The highest BCUT2D eigenvalue weighted by Gasteiger charge is 2.46. The molecular formula is C21H39NO4. The second kappa shape index (κ2) is 10.4. The SMILES string of the molecule is CCC(CCCCCCCC=O)C(=O)OC1CC(C)(C)N(O)C(C)(C)C1. The zero-order chi connectivity index (χ0) is 19.8. The maximum atomic E-state index is 12.6. The summed E-state index contributed by atoms with van der Waals surface area (Å²) in [5.74, 6) is -0.125. The van der Waals surface area contributed by atoms with Crippen molar-refractivity contribution in [3.05, 3.63) is 0 Å². The maximum absolute atomic E-state index is 12.6. The van der Waals surface area contributed by atoms with Crippen LogP contribution in [0.5, 0.6) is 0 Å². The van der Waals surface area contributed by atoms with Gasteiger partial charge in [-0.05, 0) is 47.0 Å². The third kappa shape index (κ3) is 6.99.